The number of rotatable bonds is 6. The monoisotopic (exact) mass is 195 g/mol. The van der Waals surface area contributed by atoms with Crippen LogP contribution < -0.4 is 5.73 Å². The Balaban J connectivity index is 2.63. The zero-order valence-electron chi connectivity index (χ0n) is 8.58. The maximum Gasteiger partial charge on any atom is 0.185 e. The van der Waals surface area contributed by atoms with E-state index in [1.54, 1.807) is 0 Å². The molecule has 14 heavy (non-hydrogen) atoms. The zero-order chi connectivity index (χ0) is 10.4. The van der Waals surface area contributed by atoms with Gasteiger partial charge in [0.15, 0.2) is 12.0 Å². The summed E-state index contributed by atoms with van der Waals surface area (Å²) in [7, 11) is 0. The van der Waals surface area contributed by atoms with Crippen LogP contribution >= 0.6 is 0 Å². The molecule has 0 bridgehead atoms. The highest BCUT2D eigenvalue weighted by molar-refractivity contribution is 5.73. The second-order valence-electron chi connectivity index (χ2n) is 3.38. The third-order valence-corrected chi connectivity index (χ3v) is 2.25. The van der Waals surface area contributed by atoms with Crippen molar-refractivity contribution >= 4 is 6.29 Å². The fourth-order valence-corrected chi connectivity index (χ4v) is 1.46. The van der Waals surface area contributed by atoms with Gasteiger partial charge in [0.05, 0.1) is 6.54 Å². The lowest BCUT2D eigenvalue weighted by molar-refractivity contribution is 0.109. The van der Waals surface area contributed by atoms with Crippen LogP contribution in [0.5, 0.6) is 0 Å². The number of aryl methyl sites for hydroxylation is 1. The van der Waals surface area contributed by atoms with Crippen molar-refractivity contribution in [3.05, 3.63) is 23.2 Å². The standard InChI is InChI=1S/C11H17NO2/c1-2-3-4-5-9-6-10(7-12)14-11(9)8-13/h6,8H,2-5,7,12H2,1H3. The molecule has 0 aliphatic heterocycles. The van der Waals surface area contributed by atoms with Crippen molar-refractivity contribution in [3.63, 3.8) is 0 Å². The molecular weight excluding hydrogens is 178 g/mol. The summed E-state index contributed by atoms with van der Waals surface area (Å²) in [6.07, 6.45) is 5.13. The molecule has 0 amide bonds. The SMILES string of the molecule is CCCCCc1cc(CN)oc1C=O. The second-order valence-corrected chi connectivity index (χ2v) is 3.38. The number of carbonyl (C=O) groups is 1. The van der Waals surface area contributed by atoms with Gasteiger partial charge in [0.2, 0.25) is 0 Å². The van der Waals surface area contributed by atoms with Crippen molar-refractivity contribution in [1.29, 1.82) is 0 Å². The molecule has 3 heteroatoms. The van der Waals surface area contributed by atoms with Gasteiger partial charge in [-0.15, -0.1) is 0 Å². The minimum atomic E-state index is 0.356. The predicted octanol–water partition coefficient (Wildman–Crippen LogP) is 2.28. The van der Waals surface area contributed by atoms with Crippen LogP contribution in [0, 0.1) is 0 Å². The van der Waals surface area contributed by atoms with Crippen LogP contribution in [0.4, 0.5) is 0 Å². The highest BCUT2D eigenvalue weighted by Crippen LogP contribution is 2.16. The van der Waals surface area contributed by atoms with Crippen molar-refractivity contribution in [2.45, 2.75) is 39.2 Å². The fraction of sp³-hybridized carbons (Fsp3) is 0.545. The van der Waals surface area contributed by atoms with E-state index < -0.39 is 0 Å². The maximum atomic E-state index is 10.7. The molecule has 0 spiro atoms. The first-order valence-electron chi connectivity index (χ1n) is 5.08. The summed E-state index contributed by atoms with van der Waals surface area (Å²) < 4.78 is 5.25. The summed E-state index contributed by atoms with van der Waals surface area (Å²) >= 11 is 0. The van der Waals surface area contributed by atoms with E-state index in [4.69, 9.17) is 10.2 Å². The lowest BCUT2D eigenvalue weighted by Gasteiger charge is -1.95. The van der Waals surface area contributed by atoms with Gasteiger partial charge in [-0.25, -0.2) is 0 Å². The van der Waals surface area contributed by atoms with Gasteiger partial charge < -0.3 is 10.2 Å². The Morgan fingerprint density at radius 2 is 2.29 bits per heavy atom. The van der Waals surface area contributed by atoms with Crippen LogP contribution in [0.2, 0.25) is 0 Å². The normalized spacial score (nSPS) is 10.4. The third kappa shape index (κ3) is 2.70. The molecule has 1 heterocycles. The largest absolute Gasteiger partial charge is 0.457 e. The first kappa shape index (κ1) is 11.0. The summed E-state index contributed by atoms with van der Waals surface area (Å²) in [6, 6.07) is 1.89. The molecule has 0 saturated heterocycles. The molecule has 0 aromatic carbocycles. The molecule has 3 nitrogen and oxygen atoms in total. The van der Waals surface area contributed by atoms with Crippen LogP contribution in [-0.2, 0) is 13.0 Å². The van der Waals surface area contributed by atoms with Gasteiger partial charge in [-0.3, -0.25) is 4.79 Å². The first-order valence-corrected chi connectivity index (χ1v) is 5.08. The molecule has 1 rings (SSSR count). The summed E-state index contributed by atoms with van der Waals surface area (Å²) in [5.41, 5.74) is 6.43. The molecule has 0 saturated carbocycles. The highest BCUT2D eigenvalue weighted by Gasteiger charge is 2.08. The highest BCUT2D eigenvalue weighted by atomic mass is 16.3. The fourth-order valence-electron chi connectivity index (χ4n) is 1.46. The lowest BCUT2D eigenvalue weighted by Crippen LogP contribution is -1.92. The van der Waals surface area contributed by atoms with E-state index in [2.05, 4.69) is 6.92 Å². The van der Waals surface area contributed by atoms with Crippen molar-refractivity contribution in [2.75, 3.05) is 0 Å². The van der Waals surface area contributed by atoms with Crippen molar-refractivity contribution in [1.82, 2.24) is 0 Å². The average Bonchev–Trinajstić information content (AvgIpc) is 2.61. The summed E-state index contributed by atoms with van der Waals surface area (Å²) in [5, 5.41) is 0. The zero-order valence-corrected chi connectivity index (χ0v) is 8.58. The van der Waals surface area contributed by atoms with Crippen LogP contribution in [0.25, 0.3) is 0 Å². The van der Waals surface area contributed by atoms with Crippen LogP contribution in [0.3, 0.4) is 0 Å². The lowest BCUT2D eigenvalue weighted by atomic mass is 10.1. The average molecular weight is 195 g/mol. The molecule has 1 aromatic heterocycles. The van der Waals surface area contributed by atoms with Gasteiger partial charge in [-0.05, 0) is 18.9 Å². The predicted molar refractivity (Wildman–Crippen MR) is 55.2 cm³/mol. The van der Waals surface area contributed by atoms with Gasteiger partial charge in [0, 0.05) is 5.56 Å². The topological polar surface area (TPSA) is 56.2 Å². The summed E-state index contributed by atoms with van der Waals surface area (Å²) in [4.78, 5) is 10.7. The number of hydrogen-bond acceptors (Lipinski definition) is 3. The van der Waals surface area contributed by atoms with E-state index >= 15 is 0 Å². The molecule has 0 aliphatic carbocycles. The van der Waals surface area contributed by atoms with Gasteiger partial charge in [-0.2, -0.15) is 0 Å². The van der Waals surface area contributed by atoms with Crippen molar-refractivity contribution in [3.8, 4) is 0 Å². The number of furan rings is 1. The van der Waals surface area contributed by atoms with E-state index in [9.17, 15) is 4.79 Å². The Labute approximate surface area is 84.3 Å². The number of unbranched alkanes of at least 4 members (excludes halogenated alkanes) is 2. The Kier molecular flexibility index (Phi) is 4.40. The molecule has 78 valence electrons. The Hall–Kier alpha value is -1.09. The quantitative estimate of drug-likeness (QED) is 0.559. The van der Waals surface area contributed by atoms with Crippen molar-refractivity contribution < 1.29 is 9.21 Å². The Morgan fingerprint density at radius 1 is 1.50 bits per heavy atom. The van der Waals surface area contributed by atoms with E-state index in [-0.39, 0.29) is 0 Å². The number of nitrogens with two attached hydrogens (primary N) is 1. The van der Waals surface area contributed by atoms with Crippen LogP contribution in [0.1, 0.15) is 48.1 Å². The second kappa shape index (κ2) is 5.60. The molecule has 0 atom stereocenters. The number of aldehydes is 1. The summed E-state index contributed by atoms with van der Waals surface area (Å²) in [5.74, 6) is 1.14. The molecular formula is C11H17NO2. The molecule has 0 fully saturated rings. The van der Waals surface area contributed by atoms with Crippen molar-refractivity contribution in [2.24, 2.45) is 5.73 Å². The third-order valence-electron chi connectivity index (χ3n) is 2.25. The van der Waals surface area contributed by atoms with E-state index in [0.717, 1.165) is 24.7 Å². The van der Waals surface area contributed by atoms with Gasteiger partial charge in [0.1, 0.15) is 5.76 Å². The minimum Gasteiger partial charge on any atom is -0.457 e. The van der Waals surface area contributed by atoms with E-state index in [1.807, 2.05) is 6.07 Å². The minimum absolute atomic E-state index is 0.356. The number of hydrogen-bond donors (Lipinski definition) is 1. The maximum absolute atomic E-state index is 10.7. The summed E-state index contributed by atoms with van der Waals surface area (Å²) in [6.45, 7) is 2.51. The van der Waals surface area contributed by atoms with Crippen LogP contribution in [-0.4, -0.2) is 6.29 Å². The first-order chi connectivity index (χ1) is 6.81. The molecule has 1 aromatic rings. The Morgan fingerprint density at radius 3 is 2.86 bits per heavy atom. The molecule has 0 aliphatic rings. The van der Waals surface area contributed by atoms with E-state index in [0.29, 0.717) is 18.1 Å². The molecule has 2 N–H and O–H groups in total. The Bertz CT molecular complexity index is 291. The smallest absolute Gasteiger partial charge is 0.185 e. The van der Waals surface area contributed by atoms with Gasteiger partial charge in [-0.1, -0.05) is 19.8 Å². The van der Waals surface area contributed by atoms with E-state index in [1.165, 1.54) is 12.8 Å². The number of carbonyl (C=O) groups excluding carboxylic acids is 1. The van der Waals surface area contributed by atoms with Gasteiger partial charge in [0.25, 0.3) is 0 Å². The van der Waals surface area contributed by atoms with Crippen LogP contribution in [0.15, 0.2) is 10.5 Å². The molecule has 0 radical (unpaired) electrons. The van der Waals surface area contributed by atoms with Gasteiger partial charge >= 0.3 is 0 Å². The molecule has 0 unspecified atom stereocenters.